The van der Waals surface area contributed by atoms with Gasteiger partial charge in [-0.05, 0) is 18.6 Å². The van der Waals surface area contributed by atoms with Crippen LogP contribution >= 0.6 is 0 Å². The van der Waals surface area contributed by atoms with Crippen molar-refractivity contribution in [1.82, 2.24) is 9.97 Å². The summed E-state index contributed by atoms with van der Waals surface area (Å²) >= 11 is 0. The van der Waals surface area contributed by atoms with Crippen LogP contribution in [0.15, 0.2) is 18.5 Å². The van der Waals surface area contributed by atoms with Gasteiger partial charge in [0, 0.05) is 6.54 Å². The van der Waals surface area contributed by atoms with Crippen molar-refractivity contribution in [3.63, 3.8) is 0 Å². The summed E-state index contributed by atoms with van der Waals surface area (Å²) < 4.78 is 54.9. The molecule has 10 nitrogen and oxygen atoms in total. The quantitative estimate of drug-likeness (QED) is 0.456. The molecule has 1 aliphatic heterocycles. The van der Waals surface area contributed by atoms with Gasteiger partial charge in [0.05, 0.1) is 30.2 Å². The summed E-state index contributed by atoms with van der Waals surface area (Å²) in [5.41, 5.74) is 2.08. The number of nitrogens with one attached hydrogen (secondary N) is 4. The summed E-state index contributed by atoms with van der Waals surface area (Å²) in [5, 5.41) is 5.14. The first-order chi connectivity index (χ1) is 14.3. The number of amides is 1. The molecule has 0 fully saturated rings. The maximum absolute atomic E-state index is 14.8. The largest absolute Gasteiger partial charge is 0.379 e. The molecule has 1 atom stereocenters. The van der Waals surface area contributed by atoms with Gasteiger partial charge >= 0.3 is 0 Å². The lowest BCUT2D eigenvalue weighted by Crippen LogP contribution is -2.25. The number of carbonyl (C=O) groups excluding carboxylic acids is 1. The second-order valence-corrected chi connectivity index (χ2v) is 8.26. The average Bonchev–Trinajstić information content (AvgIpc) is 3.13. The lowest BCUT2D eigenvalue weighted by molar-refractivity contribution is -0.117. The van der Waals surface area contributed by atoms with Crippen LogP contribution in [0.25, 0.3) is 0 Å². The highest BCUT2D eigenvalue weighted by Gasteiger charge is 2.33. The maximum atomic E-state index is 14.8. The first-order valence-electron chi connectivity index (χ1n) is 8.94. The zero-order chi connectivity index (χ0) is 21.9. The zero-order valence-corrected chi connectivity index (χ0v) is 16.9. The predicted octanol–water partition coefficient (Wildman–Crippen LogP) is 2.03. The van der Waals surface area contributed by atoms with Crippen molar-refractivity contribution in [2.24, 2.45) is 0 Å². The van der Waals surface area contributed by atoms with Crippen LogP contribution in [0, 0.1) is 11.6 Å². The van der Waals surface area contributed by atoms with E-state index in [-0.39, 0.29) is 12.3 Å². The number of anilines is 4. The smallest absolute Gasteiger partial charge is 0.235 e. The van der Waals surface area contributed by atoms with Gasteiger partial charge in [0.2, 0.25) is 15.9 Å². The van der Waals surface area contributed by atoms with Crippen LogP contribution in [0.3, 0.4) is 0 Å². The number of fused-ring (bicyclic) bond motifs is 1. The number of sulfonamides is 1. The molecular formula is C17H20F2N6O4S. The Hall–Kier alpha value is -3.06. The molecule has 1 aromatic carbocycles. The van der Waals surface area contributed by atoms with Crippen LogP contribution in [0.5, 0.6) is 0 Å². The average molecular weight is 442 g/mol. The van der Waals surface area contributed by atoms with E-state index in [1.165, 1.54) is 13.4 Å². The zero-order valence-electron chi connectivity index (χ0n) is 16.1. The molecule has 0 spiro atoms. The molecule has 0 saturated carbocycles. The molecule has 1 aromatic heterocycles. The van der Waals surface area contributed by atoms with Gasteiger partial charge < -0.3 is 10.6 Å². The van der Waals surface area contributed by atoms with Crippen molar-refractivity contribution >= 4 is 38.8 Å². The van der Waals surface area contributed by atoms with Crippen molar-refractivity contribution in [2.45, 2.75) is 19.3 Å². The van der Waals surface area contributed by atoms with Crippen LogP contribution in [0.1, 0.15) is 25.0 Å². The Morgan fingerprint density at radius 1 is 1.33 bits per heavy atom. The van der Waals surface area contributed by atoms with Crippen molar-refractivity contribution < 1.29 is 26.8 Å². The number of halogens is 2. The number of nitrogens with zero attached hydrogens (tertiary/aromatic N) is 2. The van der Waals surface area contributed by atoms with Gasteiger partial charge in [-0.2, -0.15) is 0 Å². The first kappa shape index (κ1) is 21.6. The number of aromatic nitrogens is 2. The Labute approximate surface area is 171 Å². The van der Waals surface area contributed by atoms with Crippen molar-refractivity contribution in [2.75, 3.05) is 40.2 Å². The number of rotatable bonds is 8. The van der Waals surface area contributed by atoms with E-state index < -0.39 is 44.9 Å². The molecule has 30 heavy (non-hydrogen) atoms. The molecule has 1 amide bonds. The molecule has 2 aromatic rings. The molecular weight excluding hydrogens is 422 g/mol. The monoisotopic (exact) mass is 442 g/mol. The molecule has 0 radical (unpaired) electrons. The summed E-state index contributed by atoms with van der Waals surface area (Å²) in [6, 6.07) is 1.82. The van der Waals surface area contributed by atoms with Gasteiger partial charge in [-0.3, -0.25) is 14.4 Å². The predicted molar refractivity (Wildman–Crippen MR) is 107 cm³/mol. The normalized spacial score (nSPS) is 15.3. The van der Waals surface area contributed by atoms with Crippen molar-refractivity contribution in [3.8, 4) is 0 Å². The molecule has 162 valence electrons. The Bertz CT molecular complexity index is 1070. The van der Waals surface area contributed by atoms with Crippen LogP contribution in [0.2, 0.25) is 0 Å². The summed E-state index contributed by atoms with van der Waals surface area (Å²) in [6.45, 7) is 1.76. The van der Waals surface area contributed by atoms with E-state index in [1.807, 2.05) is 0 Å². The van der Waals surface area contributed by atoms with Gasteiger partial charge in [-0.15, -0.1) is 0 Å². The van der Waals surface area contributed by atoms with E-state index in [9.17, 15) is 22.0 Å². The third kappa shape index (κ3) is 4.41. The van der Waals surface area contributed by atoms with E-state index in [0.717, 1.165) is 12.1 Å². The van der Waals surface area contributed by atoms with E-state index in [0.29, 0.717) is 23.6 Å². The number of hydrogen-bond donors (Lipinski definition) is 4. The summed E-state index contributed by atoms with van der Waals surface area (Å²) in [5.74, 6) is -3.78. The molecule has 1 unspecified atom stereocenters. The van der Waals surface area contributed by atoms with E-state index in [1.54, 1.807) is 6.92 Å². The highest BCUT2D eigenvalue weighted by Crippen LogP contribution is 2.35. The standard InChI is InChI=1S/C17H20F2N6O4S/c1-3-6-30(27,28)25-11-5-4-10(18)14(12(11)19)23-17(26)9-7-20-15-13(9)21-8-22-16(15)24-29-2/h4-5,8-9,20,25H,3,6-7H2,1-2H3,(H,23,26)(H,21,22,24). The maximum Gasteiger partial charge on any atom is 0.235 e. The summed E-state index contributed by atoms with van der Waals surface area (Å²) in [4.78, 5) is 25.6. The molecule has 2 heterocycles. The third-order valence-corrected chi connectivity index (χ3v) is 5.76. The Balaban J connectivity index is 1.85. The van der Waals surface area contributed by atoms with Crippen LogP contribution in [0.4, 0.5) is 31.7 Å². The highest BCUT2D eigenvalue weighted by atomic mass is 32.2. The summed E-state index contributed by atoms with van der Waals surface area (Å²) in [6.07, 6.45) is 1.54. The second kappa shape index (κ2) is 8.75. The third-order valence-electron chi connectivity index (χ3n) is 4.28. The minimum absolute atomic E-state index is 0.115. The molecule has 0 bridgehead atoms. The molecule has 13 heteroatoms. The van der Waals surface area contributed by atoms with Gasteiger partial charge in [-0.25, -0.2) is 32.6 Å². The van der Waals surface area contributed by atoms with Gasteiger partial charge in [-0.1, -0.05) is 6.92 Å². The molecule has 3 rings (SSSR count). The fraction of sp³-hybridized carbons (Fsp3) is 0.353. The molecule has 0 saturated heterocycles. The van der Waals surface area contributed by atoms with E-state index in [4.69, 9.17) is 4.84 Å². The second-order valence-electron chi connectivity index (χ2n) is 6.42. The van der Waals surface area contributed by atoms with Gasteiger partial charge in [0.25, 0.3) is 0 Å². The molecule has 4 N–H and O–H groups in total. The number of hydrogen-bond acceptors (Lipinski definition) is 8. The van der Waals surface area contributed by atoms with Crippen molar-refractivity contribution in [3.05, 3.63) is 35.8 Å². The molecule has 0 aliphatic carbocycles. The molecule has 1 aliphatic rings. The Kier molecular flexibility index (Phi) is 6.31. The lowest BCUT2D eigenvalue weighted by Gasteiger charge is -2.15. The summed E-state index contributed by atoms with van der Waals surface area (Å²) in [7, 11) is -2.41. The Morgan fingerprint density at radius 2 is 2.10 bits per heavy atom. The van der Waals surface area contributed by atoms with E-state index >= 15 is 0 Å². The number of benzene rings is 1. The first-order valence-corrected chi connectivity index (χ1v) is 10.6. The highest BCUT2D eigenvalue weighted by molar-refractivity contribution is 7.92. The van der Waals surface area contributed by atoms with Crippen molar-refractivity contribution in [1.29, 1.82) is 0 Å². The van der Waals surface area contributed by atoms with Crippen LogP contribution in [-0.2, 0) is 19.7 Å². The van der Waals surface area contributed by atoms with Gasteiger partial charge in [0.1, 0.15) is 23.5 Å². The van der Waals surface area contributed by atoms with Crippen LogP contribution in [-0.4, -0.2) is 43.7 Å². The minimum atomic E-state index is -3.80. The Morgan fingerprint density at radius 3 is 2.80 bits per heavy atom. The fourth-order valence-corrected chi connectivity index (χ4v) is 4.11. The SMILES string of the molecule is CCCS(=O)(=O)Nc1ccc(F)c(NC(=O)C2CNc3c(NOC)ncnc32)c1F. The topological polar surface area (TPSA) is 134 Å². The van der Waals surface area contributed by atoms with Gasteiger partial charge in [0.15, 0.2) is 11.6 Å². The lowest BCUT2D eigenvalue weighted by atomic mass is 10.1. The minimum Gasteiger partial charge on any atom is -0.379 e. The fourth-order valence-electron chi connectivity index (χ4n) is 2.97. The van der Waals surface area contributed by atoms with E-state index in [2.05, 4.69) is 30.8 Å². The van der Waals surface area contributed by atoms with Crippen LogP contribution < -0.4 is 20.8 Å². The number of carbonyl (C=O) groups is 1.